The van der Waals surface area contributed by atoms with Crippen molar-refractivity contribution in [2.24, 2.45) is 11.8 Å². The van der Waals surface area contributed by atoms with E-state index in [1.54, 1.807) is 12.2 Å². The Morgan fingerprint density at radius 2 is 1.96 bits per heavy atom. The minimum absolute atomic E-state index is 0.0808. The summed E-state index contributed by atoms with van der Waals surface area (Å²) in [5.74, 6) is -0.458. The fourth-order valence-corrected chi connectivity index (χ4v) is 3.26. The Morgan fingerprint density at radius 3 is 2.57 bits per heavy atom. The van der Waals surface area contributed by atoms with Crippen LogP contribution in [0.15, 0.2) is 36.1 Å². The van der Waals surface area contributed by atoms with Crippen molar-refractivity contribution in [1.82, 2.24) is 0 Å². The van der Waals surface area contributed by atoms with Crippen molar-refractivity contribution in [2.45, 2.75) is 51.2 Å². The van der Waals surface area contributed by atoms with Crippen LogP contribution in [0.5, 0.6) is 0 Å². The van der Waals surface area contributed by atoms with E-state index in [0.717, 1.165) is 19.3 Å². The SMILES string of the molecule is C/C=C/C(CC(=O)OC1CCC[C@@H]1/C=C\C(=O)C(O)CO)C/C(=C\CO)OC. The van der Waals surface area contributed by atoms with Crippen LogP contribution in [0.2, 0.25) is 0 Å². The fraction of sp³-hybridized carbons (Fsp3) is 0.619. The number of aliphatic hydroxyl groups is 3. The summed E-state index contributed by atoms with van der Waals surface area (Å²) in [4.78, 5) is 24.0. The molecule has 0 aromatic carbocycles. The van der Waals surface area contributed by atoms with E-state index in [2.05, 4.69) is 0 Å². The number of esters is 1. The summed E-state index contributed by atoms with van der Waals surface area (Å²) in [6.07, 6.45) is 9.60. The van der Waals surface area contributed by atoms with Gasteiger partial charge in [-0.15, -0.1) is 0 Å². The number of ether oxygens (including phenoxy) is 2. The third-order valence-corrected chi connectivity index (χ3v) is 4.73. The summed E-state index contributed by atoms with van der Waals surface area (Å²) in [7, 11) is 1.52. The lowest BCUT2D eigenvalue weighted by molar-refractivity contribution is -0.150. The van der Waals surface area contributed by atoms with Gasteiger partial charge in [-0.25, -0.2) is 0 Å². The van der Waals surface area contributed by atoms with Crippen molar-refractivity contribution in [1.29, 1.82) is 0 Å². The molecule has 0 heterocycles. The summed E-state index contributed by atoms with van der Waals surface area (Å²) >= 11 is 0. The summed E-state index contributed by atoms with van der Waals surface area (Å²) in [6.45, 7) is 1.12. The first-order valence-corrected chi connectivity index (χ1v) is 9.62. The Bertz CT molecular complexity index is 579. The average molecular weight is 396 g/mol. The Hall–Kier alpha value is -1.96. The summed E-state index contributed by atoms with van der Waals surface area (Å²) < 4.78 is 10.9. The van der Waals surface area contributed by atoms with Crippen molar-refractivity contribution < 1.29 is 34.4 Å². The van der Waals surface area contributed by atoms with Crippen LogP contribution in [-0.4, -0.2) is 59.6 Å². The van der Waals surface area contributed by atoms with Crippen LogP contribution in [0, 0.1) is 11.8 Å². The van der Waals surface area contributed by atoms with Gasteiger partial charge in [0.2, 0.25) is 0 Å². The summed E-state index contributed by atoms with van der Waals surface area (Å²) in [6, 6.07) is 0. The fourth-order valence-electron chi connectivity index (χ4n) is 3.26. The van der Waals surface area contributed by atoms with E-state index < -0.39 is 18.5 Å². The number of carbonyl (C=O) groups is 2. The highest BCUT2D eigenvalue weighted by molar-refractivity contribution is 5.93. The summed E-state index contributed by atoms with van der Waals surface area (Å²) in [5.41, 5.74) is 0. The van der Waals surface area contributed by atoms with E-state index in [-0.39, 0.29) is 36.9 Å². The molecule has 1 saturated carbocycles. The molecule has 0 radical (unpaired) electrons. The molecular weight excluding hydrogens is 364 g/mol. The van der Waals surface area contributed by atoms with Gasteiger partial charge in [0.15, 0.2) is 5.78 Å². The van der Waals surface area contributed by atoms with Gasteiger partial charge in [-0.1, -0.05) is 18.2 Å². The second kappa shape index (κ2) is 13.3. The van der Waals surface area contributed by atoms with Crippen molar-refractivity contribution in [3.8, 4) is 0 Å². The number of methoxy groups -OCH3 is 1. The van der Waals surface area contributed by atoms with E-state index >= 15 is 0 Å². The highest BCUT2D eigenvalue weighted by atomic mass is 16.5. The third kappa shape index (κ3) is 8.37. The van der Waals surface area contributed by atoms with Gasteiger partial charge >= 0.3 is 5.97 Å². The topological polar surface area (TPSA) is 113 Å². The van der Waals surface area contributed by atoms with Crippen LogP contribution < -0.4 is 0 Å². The van der Waals surface area contributed by atoms with Gasteiger partial charge in [-0.2, -0.15) is 0 Å². The molecule has 7 nitrogen and oxygen atoms in total. The van der Waals surface area contributed by atoms with Crippen LogP contribution in [0.4, 0.5) is 0 Å². The number of allylic oxidation sites excluding steroid dienone is 3. The van der Waals surface area contributed by atoms with Gasteiger partial charge in [0.25, 0.3) is 0 Å². The van der Waals surface area contributed by atoms with Crippen molar-refractivity contribution in [3.05, 3.63) is 36.1 Å². The van der Waals surface area contributed by atoms with Crippen molar-refractivity contribution in [3.63, 3.8) is 0 Å². The Morgan fingerprint density at radius 1 is 1.21 bits per heavy atom. The second-order valence-electron chi connectivity index (χ2n) is 6.83. The molecule has 7 heteroatoms. The van der Waals surface area contributed by atoms with E-state index in [4.69, 9.17) is 19.7 Å². The molecule has 0 spiro atoms. The first-order valence-electron chi connectivity index (χ1n) is 9.62. The quantitative estimate of drug-likeness (QED) is 0.199. The standard InChI is InChI=1S/C21H32O7/c1-3-5-15(12-17(27-2)10-11-22)13-21(26)28-20-7-4-6-16(20)8-9-18(24)19(25)14-23/h3,5,8-10,15-16,19-20,22-23,25H,4,6-7,11-14H2,1-2H3/b5-3+,9-8-,17-10+/t15?,16-,19?,20?/m1/s1. The number of hydrogen-bond acceptors (Lipinski definition) is 7. The third-order valence-electron chi connectivity index (χ3n) is 4.73. The molecule has 1 rings (SSSR count). The highest BCUT2D eigenvalue weighted by Crippen LogP contribution is 2.30. The zero-order valence-corrected chi connectivity index (χ0v) is 16.6. The van der Waals surface area contributed by atoms with Crippen molar-refractivity contribution in [2.75, 3.05) is 20.3 Å². The van der Waals surface area contributed by atoms with Gasteiger partial charge in [0.05, 0.1) is 32.5 Å². The van der Waals surface area contributed by atoms with E-state index in [0.29, 0.717) is 12.2 Å². The molecule has 0 amide bonds. The predicted molar refractivity (Wildman–Crippen MR) is 104 cm³/mol. The van der Waals surface area contributed by atoms with Gasteiger partial charge in [0, 0.05) is 12.3 Å². The van der Waals surface area contributed by atoms with Crippen LogP contribution in [-0.2, 0) is 19.1 Å². The molecule has 3 unspecified atom stereocenters. The number of ketones is 1. The largest absolute Gasteiger partial charge is 0.501 e. The molecule has 0 bridgehead atoms. The zero-order chi connectivity index (χ0) is 20.9. The lowest BCUT2D eigenvalue weighted by Crippen LogP contribution is -2.24. The molecule has 0 aromatic heterocycles. The normalized spacial score (nSPS) is 22.5. The van der Waals surface area contributed by atoms with Crippen LogP contribution in [0.25, 0.3) is 0 Å². The smallest absolute Gasteiger partial charge is 0.306 e. The van der Waals surface area contributed by atoms with Crippen LogP contribution in [0.3, 0.4) is 0 Å². The molecule has 0 aromatic rings. The highest BCUT2D eigenvalue weighted by Gasteiger charge is 2.29. The molecule has 0 saturated heterocycles. The minimum atomic E-state index is -1.41. The van der Waals surface area contributed by atoms with Gasteiger partial charge in [0.1, 0.15) is 12.2 Å². The Balaban J connectivity index is 2.64. The van der Waals surface area contributed by atoms with Gasteiger partial charge in [-0.3, -0.25) is 9.59 Å². The molecule has 3 N–H and O–H groups in total. The maximum absolute atomic E-state index is 12.4. The Kier molecular flexibility index (Phi) is 11.4. The van der Waals surface area contributed by atoms with Crippen LogP contribution >= 0.6 is 0 Å². The Labute approximate surface area is 166 Å². The number of rotatable bonds is 12. The maximum Gasteiger partial charge on any atom is 0.306 e. The van der Waals surface area contributed by atoms with E-state index in [1.165, 1.54) is 13.2 Å². The molecular formula is C21H32O7. The first-order chi connectivity index (χ1) is 13.4. The van der Waals surface area contributed by atoms with Crippen LogP contribution in [0.1, 0.15) is 39.0 Å². The monoisotopic (exact) mass is 396 g/mol. The maximum atomic E-state index is 12.4. The summed E-state index contributed by atoms with van der Waals surface area (Å²) in [5, 5.41) is 27.1. The zero-order valence-electron chi connectivity index (χ0n) is 16.6. The number of hydrogen-bond donors (Lipinski definition) is 3. The lowest BCUT2D eigenvalue weighted by Gasteiger charge is -2.20. The molecule has 158 valence electrons. The predicted octanol–water partition coefficient (Wildman–Crippen LogP) is 1.67. The van der Waals surface area contributed by atoms with E-state index in [1.807, 2.05) is 19.1 Å². The van der Waals surface area contributed by atoms with E-state index in [9.17, 15) is 14.7 Å². The number of aliphatic hydroxyl groups excluding tert-OH is 3. The molecule has 1 aliphatic rings. The number of carbonyl (C=O) groups excluding carboxylic acids is 2. The molecule has 4 atom stereocenters. The minimum Gasteiger partial charge on any atom is -0.501 e. The first kappa shape index (κ1) is 24.1. The molecule has 0 aliphatic heterocycles. The lowest BCUT2D eigenvalue weighted by atomic mass is 9.99. The molecule has 1 fully saturated rings. The van der Waals surface area contributed by atoms with Gasteiger partial charge < -0.3 is 24.8 Å². The molecule has 1 aliphatic carbocycles. The second-order valence-corrected chi connectivity index (χ2v) is 6.83. The van der Waals surface area contributed by atoms with Gasteiger partial charge in [-0.05, 0) is 44.3 Å². The average Bonchev–Trinajstić information content (AvgIpc) is 3.11. The van der Waals surface area contributed by atoms with Crippen molar-refractivity contribution >= 4 is 11.8 Å². The molecule has 28 heavy (non-hydrogen) atoms.